The number of H-pyrrole nitrogens is 1. The summed E-state index contributed by atoms with van der Waals surface area (Å²) in [6.45, 7) is 5.75. The molecule has 1 aromatic carbocycles. The van der Waals surface area contributed by atoms with E-state index in [1.54, 1.807) is 0 Å². The molecule has 1 saturated heterocycles. The maximum atomic E-state index is 12.8. The number of fused-ring (bicyclic) bond motifs is 1. The van der Waals surface area contributed by atoms with Gasteiger partial charge in [-0.2, -0.15) is 0 Å². The predicted octanol–water partition coefficient (Wildman–Crippen LogP) is 3.26. The Balaban J connectivity index is 1.43. The zero-order chi connectivity index (χ0) is 22.0. The van der Waals surface area contributed by atoms with Crippen molar-refractivity contribution in [1.82, 2.24) is 15.2 Å². The molecule has 7 heteroatoms. The fourth-order valence-corrected chi connectivity index (χ4v) is 4.34. The number of aromatic nitrogens is 1. The van der Waals surface area contributed by atoms with Crippen LogP contribution < -0.4 is 10.6 Å². The normalized spacial score (nSPS) is 17.1. The number of amides is 3. The van der Waals surface area contributed by atoms with Gasteiger partial charge in [0.25, 0.3) is 11.8 Å². The number of aromatic amines is 1. The van der Waals surface area contributed by atoms with Crippen LogP contribution in [-0.4, -0.2) is 47.2 Å². The highest BCUT2D eigenvalue weighted by Gasteiger charge is 2.25. The van der Waals surface area contributed by atoms with Crippen LogP contribution in [-0.2, 0) is 9.59 Å². The molecule has 3 heterocycles. The van der Waals surface area contributed by atoms with Crippen molar-refractivity contribution in [3.05, 3.63) is 52.3 Å². The molecular formula is C24H28N4O3. The van der Waals surface area contributed by atoms with E-state index in [9.17, 15) is 14.4 Å². The number of hydrogen-bond donors (Lipinski definition) is 3. The van der Waals surface area contributed by atoms with Gasteiger partial charge >= 0.3 is 0 Å². The molecule has 0 bridgehead atoms. The molecule has 3 amide bonds. The average molecular weight is 421 g/mol. The van der Waals surface area contributed by atoms with Crippen LogP contribution in [0, 0.1) is 13.8 Å². The van der Waals surface area contributed by atoms with E-state index >= 15 is 0 Å². The Morgan fingerprint density at radius 1 is 1.19 bits per heavy atom. The summed E-state index contributed by atoms with van der Waals surface area (Å²) in [4.78, 5) is 42.2. The zero-order valence-corrected chi connectivity index (χ0v) is 18.0. The van der Waals surface area contributed by atoms with Gasteiger partial charge in [-0.25, -0.2) is 0 Å². The van der Waals surface area contributed by atoms with E-state index in [0.29, 0.717) is 30.6 Å². The first kappa shape index (κ1) is 20.9. The third-order valence-electron chi connectivity index (χ3n) is 6.01. The van der Waals surface area contributed by atoms with Crippen LogP contribution in [0.15, 0.2) is 24.3 Å². The van der Waals surface area contributed by atoms with Crippen LogP contribution in [0.2, 0.25) is 0 Å². The first-order valence-corrected chi connectivity index (χ1v) is 10.8. The van der Waals surface area contributed by atoms with Crippen molar-refractivity contribution in [1.29, 1.82) is 0 Å². The number of nitrogens with zero attached hydrogens (tertiary/aromatic N) is 1. The van der Waals surface area contributed by atoms with E-state index in [-0.39, 0.29) is 17.7 Å². The van der Waals surface area contributed by atoms with Crippen molar-refractivity contribution in [2.45, 2.75) is 39.5 Å². The van der Waals surface area contributed by atoms with E-state index < -0.39 is 0 Å². The molecule has 0 aliphatic carbocycles. The average Bonchev–Trinajstić information content (AvgIpc) is 3.22. The number of rotatable bonds is 6. The number of carbonyl (C=O) groups excluding carboxylic acids is 3. The number of piperidine rings is 1. The highest BCUT2D eigenvalue weighted by Crippen LogP contribution is 2.33. The highest BCUT2D eigenvalue weighted by molar-refractivity contribution is 6.34. The summed E-state index contributed by atoms with van der Waals surface area (Å²) in [6, 6.07) is 7.56. The molecule has 162 valence electrons. The maximum absolute atomic E-state index is 12.8. The van der Waals surface area contributed by atoms with E-state index in [4.69, 9.17) is 0 Å². The predicted molar refractivity (Wildman–Crippen MR) is 121 cm³/mol. The molecule has 2 aromatic rings. The van der Waals surface area contributed by atoms with Crippen molar-refractivity contribution >= 4 is 35.1 Å². The molecule has 3 N–H and O–H groups in total. The molecule has 7 nitrogen and oxygen atoms in total. The van der Waals surface area contributed by atoms with Gasteiger partial charge in [0.2, 0.25) is 5.91 Å². The SMILES string of the molecule is Cc1[nH]c(/C=C2\C(=O)Nc3ccccc32)c(C)c1C(=O)NCCCN1CCCCC1=O. The quantitative estimate of drug-likeness (QED) is 0.495. The van der Waals surface area contributed by atoms with Crippen LogP contribution >= 0.6 is 0 Å². The smallest absolute Gasteiger partial charge is 0.256 e. The first-order chi connectivity index (χ1) is 15.0. The highest BCUT2D eigenvalue weighted by atomic mass is 16.2. The van der Waals surface area contributed by atoms with Crippen molar-refractivity contribution in [3.63, 3.8) is 0 Å². The van der Waals surface area contributed by atoms with Gasteiger partial charge in [0.05, 0.1) is 11.1 Å². The molecule has 0 radical (unpaired) electrons. The first-order valence-electron chi connectivity index (χ1n) is 10.8. The second-order valence-electron chi connectivity index (χ2n) is 8.17. The van der Waals surface area contributed by atoms with E-state index in [0.717, 1.165) is 54.0 Å². The molecule has 0 unspecified atom stereocenters. The lowest BCUT2D eigenvalue weighted by Gasteiger charge is -2.26. The van der Waals surface area contributed by atoms with Crippen molar-refractivity contribution in [3.8, 4) is 0 Å². The van der Waals surface area contributed by atoms with E-state index in [1.165, 1.54) is 0 Å². The molecule has 1 aromatic heterocycles. The Labute approximate surface area is 181 Å². The van der Waals surface area contributed by atoms with Crippen molar-refractivity contribution < 1.29 is 14.4 Å². The van der Waals surface area contributed by atoms with Gasteiger partial charge in [-0.1, -0.05) is 18.2 Å². The molecule has 0 saturated carbocycles. The second kappa shape index (κ2) is 8.79. The number of hydrogen-bond acceptors (Lipinski definition) is 3. The van der Waals surface area contributed by atoms with Gasteiger partial charge in [0.15, 0.2) is 0 Å². The number of para-hydroxylation sites is 1. The minimum Gasteiger partial charge on any atom is -0.358 e. The lowest BCUT2D eigenvalue weighted by Crippen LogP contribution is -2.37. The van der Waals surface area contributed by atoms with Crippen LogP contribution in [0.3, 0.4) is 0 Å². The number of nitrogens with one attached hydrogen (secondary N) is 3. The Morgan fingerprint density at radius 2 is 2.00 bits per heavy atom. The van der Waals surface area contributed by atoms with Crippen LogP contribution in [0.25, 0.3) is 11.6 Å². The van der Waals surface area contributed by atoms with Gasteiger partial charge < -0.3 is 20.5 Å². The Bertz CT molecular complexity index is 1070. The third kappa shape index (κ3) is 4.26. The second-order valence-corrected chi connectivity index (χ2v) is 8.17. The molecule has 31 heavy (non-hydrogen) atoms. The summed E-state index contributed by atoms with van der Waals surface area (Å²) in [5, 5.41) is 5.84. The number of anilines is 1. The van der Waals surface area contributed by atoms with Gasteiger partial charge in [-0.3, -0.25) is 14.4 Å². The largest absolute Gasteiger partial charge is 0.358 e. The molecule has 0 spiro atoms. The van der Waals surface area contributed by atoms with Crippen LogP contribution in [0.5, 0.6) is 0 Å². The summed E-state index contributed by atoms with van der Waals surface area (Å²) in [7, 11) is 0. The number of carbonyl (C=O) groups is 3. The van der Waals surface area contributed by atoms with E-state index in [2.05, 4.69) is 15.6 Å². The Hall–Kier alpha value is -3.35. The number of benzene rings is 1. The fourth-order valence-electron chi connectivity index (χ4n) is 4.34. The third-order valence-corrected chi connectivity index (χ3v) is 6.01. The lowest BCUT2D eigenvalue weighted by molar-refractivity contribution is -0.133. The topological polar surface area (TPSA) is 94.3 Å². The summed E-state index contributed by atoms with van der Waals surface area (Å²) in [5.74, 6) is -0.0756. The summed E-state index contributed by atoms with van der Waals surface area (Å²) in [5.41, 5.74) is 5.17. The van der Waals surface area contributed by atoms with E-state index in [1.807, 2.05) is 49.1 Å². The minimum atomic E-state index is -0.147. The Morgan fingerprint density at radius 3 is 2.81 bits per heavy atom. The van der Waals surface area contributed by atoms with Crippen molar-refractivity contribution in [2.24, 2.45) is 0 Å². The molecule has 2 aliphatic heterocycles. The summed E-state index contributed by atoms with van der Waals surface area (Å²) >= 11 is 0. The summed E-state index contributed by atoms with van der Waals surface area (Å²) in [6.07, 6.45) is 5.20. The minimum absolute atomic E-state index is 0.142. The lowest BCUT2D eigenvalue weighted by atomic mass is 10.0. The molecule has 2 aliphatic rings. The standard InChI is InChI=1S/C24H28N4O3/c1-15-20(14-18-17-8-3-4-9-19(17)27-23(18)30)26-16(2)22(15)24(31)25-11-7-13-28-12-6-5-10-21(28)29/h3-4,8-9,14,26H,5-7,10-13H2,1-2H3,(H,25,31)(H,27,30)/b18-14-. The molecular weight excluding hydrogens is 392 g/mol. The Kier molecular flexibility index (Phi) is 5.93. The molecule has 0 atom stereocenters. The monoisotopic (exact) mass is 420 g/mol. The van der Waals surface area contributed by atoms with Crippen molar-refractivity contribution in [2.75, 3.05) is 25.0 Å². The van der Waals surface area contributed by atoms with Gasteiger partial charge in [0, 0.05) is 48.7 Å². The maximum Gasteiger partial charge on any atom is 0.256 e. The van der Waals surface area contributed by atoms with Crippen LogP contribution in [0.4, 0.5) is 5.69 Å². The zero-order valence-electron chi connectivity index (χ0n) is 18.0. The van der Waals surface area contributed by atoms with Gasteiger partial charge in [0.1, 0.15) is 0 Å². The van der Waals surface area contributed by atoms with Crippen LogP contribution in [0.1, 0.15) is 58.6 Å². The number of likely N-dealkylation sites (tertiary alicyclic amines) is 1. The molecule has 1 fully saturated rings. The van der Waals surface area contributed by atoms with Gasteiger partial charge in [-0.15, -0.1) is 0 Å². The summed E-state index contributed by atoms with van der Waals surface area (Å²) < 4.78 is 0. The number of aryl methyl sites for hydroxylation is 1. The van der Waals surface area contributed by atoms with Gasteiger partial charge in [-0.05, 0) is 50.8 Å². The molecule has 4 rings (SSSR count). The fraction of sp³-hybridized carbons (Fsp3) is 0.375.